The van der Waals surface area contributed by atoms with Crippen molar-refractivity contribution in [2.45, 2.75) is 39.5 Å². The second kappa shape index (κ2) is 5.31. The first kappa shape index (κ1) is 13.4. The van der Waals surface area contributed by atoms with Gasteiger partial charge in [0.05, 0.1) is 6.20 Å². The Hall–Kier alpha value is -1.03. The molecule has 5 heteroatoms. The number of nitrogens with zero attached hydrogens (tertiary/aromatic N) is 3. The summed E-state index contributed by atoms with van der Waals surface area (Å²) in [5, 5.41) is 0.588. The molecule has 1 aromatic heterocycles. The largest absolute Gasteiger partial charge is 0.368 e. The lowest BCUT2D eigenvalue weighted by Gasteiger charge is -2.41. The Morgan fingerprint density at radius 1 is 1.33 bits per heavy atom. The van der Waals surface area contributed by atoms with Crippen molar-refractivity contribution in [3.8, 4) is 0 Å². The number of nitrogen functional groups attached to an aromatic ring is 1. The van der Waals surface area contributed by atoms with Crippen molar-refractivity contribution in [2.24, 2.45) is 5.41 Å². The Morgan fingerprint density at radius 2 is 1.94 bits per heavy atom. The first-order valence-corrected chi connectivity index (χ1v) is 7.01. The number of hydrogen-bond acceptors (Lipinski definition) is 4. The monoisotopic (exact) mass is 268 g/mol. The zero-order valence-electron chi connectivity index (χ0n) is 11.1. The molecule has 1 saturated heterocycles. The molecule has 1 aromatic rings. The molecule has 1 aliphatic rings. The number of piperidine rings is 1. The van der Waals surface area contributed by atoms with Crippen LogP contribution in [0.15, 0.2) is 6.20 Å². The van der Waals surface area contributed by atoms with Crippen LogP contribution in [0.2, 0.25) is 5.02 Å². The summed E-state index contributed by atoms with van der Waals surface area (Å²) in [5.41, 5.74) is 6.13. The normalized spacial score (nSPS) is 18.9. The van der Waals surface area contributed by atoms with Crippen LogP contribution in [-0.4, -0.2) is 23.1 Å². The molecule has 0 atom stereocenters. The number of anilines is 2. The highest BCUT2D eigenvalue weighted by atomic mass is 35.5. The van der Waals surface area contributed by atoms with Gasteiger partial charge in [-0.05, 0) is 18.3 Å². The molecule has 0 unspecified atom stereocenters. The molecule has 0 saturated carbocycles. The predicted octanol–water partition coefficient (Wildman–Crippen LogP) is 3.12. The Bertz CT molecular complexity index is 407. The quantitative estimate of drug-likeness (QED) is 0.915. The highest BCUT2D eigenvalue weighted by Crippen LogP contribution is 2.39. The first-order chi connectivity index (χ1) is 8.60. The number of nitrogens with two attached hydrogens (primary N) is 1. The van der Waals surface area contributed by atoms with Crippen molar-refractivity contribution in [3.05, 3.63) is 11.2 Å². The van der Waals surface area contributed by atoms with Gasteiger partial charge in [-0.15, -0.1) is 0 Å². The van der Waals surface area contributed by atoms with E-state index in [0.29, 0.717) is 10.4 Å². The van der Waals surface area contributed by atoms with Gasteiger partial charge in [-0.1, -0.05) is 38.3 Å². The van der Waals surface area contributed by atoms with Crippen molar-refractivity contribution in [2.75, 3.05) is 23.7 Å². The maximum absolute atomic E-state index is 6.15. The summed E-state index contributed by atoms with van der Waals surface area (Å²) in [6.07, 6.45) is 6.47. The Balaban J connectivity index is 2.12. The minimum Gasteiger partial charge on any atom is -0.368 e. The van der Waals surface area contributed by atoms with Crippen molar-refractivity contribution >= 4 is 23.4 Å². The van der Waals surface area contributed by atoms with Crippen LogP contribution in [0.1, 0.15) is 39.5 Å². The second-order valence-electron chi connectivity index (χ2n) is 5.09. The van der Waals surface area contributed by atoms with Crippen LogP contribution in [0.25, 0.3) is 0 Å². The Labute approximate surface area is 114 Å². The summed E-state index contributed by atoms with van der Waals surface area (Å²) in [5.74, 6) is 1.07. The first-order valence-electron chi connectivity index (χ1n) is 6.63. The van der Waals surface area contributed by atoms with E-state index in [1.165, 1.54) is 25.7 Å². The highest BCUT2D eigenvalue weighted by molar-refractivity contribution is 6.32. The standard InChI is InChI=1S/C13H21ClN4/c1-3-13(4-2)5-7-18(8-6-13)11-10(14)9-16-12(15)17-11/h9H,3-8H2,1-2H3,(H2,15,16,17). The van der Waals surface area contributed by atoms with Gasteiger partial charge in [-0.2, -0.15) is 4.98 Å². The van der Waals surface area contributed by atoms with E-state index in [4.69, 9.17) is 17.3 Å². The molecule has 100 valence electrons. The van der Waals surface area contributed by atoms with E-state index >= 15 is 0 Å². The minimum absolute atomic E-state index is 0.289. The minimum atomic E-state index is 0.289. The summed E-state index contributed by atoms with van der Waals surface area (Å²) < 4.78 is 0. The smallest absolute Gasteiger partial charge is 0.222 e. The van der Waals surface area contributed by atoms with E-state index < -0.39 is 0 Å². The van der Waals surface area contributed by atoms with Crippen LogP contribution in [-0.2, 0) is 0 Å². The van der Waals surface area contributed by atoms with Crippen LogP contribution >= 0.6 is 11.6 Å². The fourth-order valence-corrected chi connectivity index (χ4v) is 2.95. The summed E-state index contributed by atoms with van der Waals surface area (Å²) in [6.45, 7) is 6.57. The van der Waals surface area contributed by atoms with E-state index in [9.17, 15) is 0 Å². The fourth-order valence-electron chi connectivity index (χ4n) is 2.74. The van der Waals surface area contributed by atoms with E-state index in [-0.39, 0.29) is 5.95 Å². The lowest BCUT2D eigenvalue weighted by atomic mass is 9.74. The molecule has 2 heterocycles. The van der Waals surface area contributed by atoms with Crippen LogP contribution in [0.4, 0.5) is 11.8 Å². The van der Waals surface area contributed by atoms with Gasteiger partial charge < -0.3 is 10.6 Å². The molecule has 0 aliphatic carbocycles. The lowest BCUT2D eigenvalue weighted by Crippen LogP contribution is -2.40. The topological polar surface area (TPSA) is 55.0 Å². The number of hydrogen-bond donors (Lipinski definition) is 1. The third-order valence-electron chi connectivity index (χ3n) is 4.37. The Morgan fingerprint density at radius 3 is 2.50 bits per heavy atom. The molecule has 2 N–H and O–H groups in total. The fraction of sp³-hybridized carbons (Fsp3) is 0.692. The summed E-state index contributed by atoms with van der Waals surface area (Å²) >= 11 is 6.15. The summed E-state index contributed by atoms with van der Waals surface area (Å²) in [6, 6.07) is 0. The Kier molecular flexibility index (Phi) is 3.95. The number of aromatic nitrogens is 2. The van der Waals surface area contributed by atoms with Crippen LogP contribution in [0, 0.1) is 5.41 Å². The van der Waals surface area contributed by atoms with Gasteiger partial charge in [-0.3, -0.25) is 0 Å². The third kappa shape index (κ3) is 2.53. The molecular formula is C13H21ClN4. The number of rotatable bonds is 3. The third-order valence-corrected chi connectivity index (χ3v) is 4.63. The molecule has 18 heavy (non-hydrogen) atoms. The molecule has 2 rings (SSSR count). The van der Waals surface area contributed by atoms with Gasteiger partial charge in [0.1, 0.15) is 5.02 Å². The van der Waals surface area contributed by atoms with Gasteiger partial charge in [0.15, 0.2) is 5.82 Å². The van der Waals surface area contributed by atoms with Crippen LogP contribution in [0.5, 0.6) is 0 Å². The molecular weight excluding hydrogens is 248 g/mol. The molecule has 4 nitrogen and oxygen atoms in total. The molecule has 1 aliphatic heterocycles. The second-order valence-corrected chi connectivity index (χ2v) is 5.50. The molecule has 0 bridgehead atoms. The van der Waals surface area contributed by atoms with Gasteiger partial charge in [0.25, 0.3) is 0 Å². The predicted molar refractivity (Wildman–Crippen MR) is 75.9 cm³/mol. The van der Waals surface area contributed by atoms with Gasteiger partial charge in [-0.25, -0.2) is 4.98 Å². The lowest BCUT2D eigenvalue weighted by molar-refractivity contribution is 0.199. The average Bonchev–Trinajstić information content (AvgIpc) is 2.42. The maximum atomic E-state index is 6.15. The van der Waals surface area contributed by atoms with Gasteiger partial charge >= 0.3 is 0 Å². The summed E-state index contributed by atoms with van der Waals surface area (Å²) in [4.78, 5) is 10.4. The van der Waals surface area contributed by atoms with E-state index in [0.717, 1.165) is 18.9 Å². The highest BCUT2D eigenvalue weighted by Gasteiger charge is 2.32. The van der Waals surface area contributed by atoms with E-state index in [2.05, 4.69) is 28.7 Å². The number of halogens is 1. The molecule has 0 radical (unpaired) electrons. The average molecular weight is 269 g/mol. The molecule has 1 fully saturated rings. The van der Waals surface area contributed by atoms with E-state index in [1.807, 2.05) is 0 Å². The van der Waals surface area contributed by atoms with Crippen LogP contribution < -0.4 is 10.6 Å². The van der Waals surface area contributed by atoms with Crippen LogP contribution in [0.3, 0.4) is 0 Å². The van der Waals surface area contributed by atoms with Gasteiger partial charge in [0.2, 0.25) is 5.95 Å². The maximum Gasteiger partial charge on any atom is 0.222 e. The van der Waals surface area contributed by atoms with Crippen molar-refractivity contribution in [1.29, 1.82) is 0 Å². The van der Waals surface area contributed by atoms with E-state index in [1.54, 1.807) is 6.20 Å². The van der Waals surface area contributed by atoms with Crippen molar-refractivity contribution in [1.82, 2.24) is 9.97 Å². The SMILES string of the molecule is CCC1(CC)CCN(c2nc(N)ncc2Cl)CC1. The molecule has 0 amide bonds. The van der Waals surface area contributed by atoms with Gasteiger partial charge in [0, 0.05) is 13.1 Å². The zero-order chi connectivity index (χ0) is 13.2. The summed E-state index contributed by atoms with van der Waals surface area (Å²) in [7, 11) is 0. The molecule has 0 spiro atoms. The molecule has 0 aromatic carbocycles. The van der Waals surface area contributed by atoms with Crippen molar-refractivity contribution in [3.63, 3.8) is 0 Å². The van der Waals surface area contributed by atoms with Crippen molar-refractivity contribution < 1.29 is 0 Å². The zero-order valence-corrected chi connectivity index (χ0v) is 11.9.